The molecule has 7 heteroatoms. The normalized spacial score (nSPS) is 14.4. The SMILES string of the molecule is CC(C)(C)OC(=O)N1CCCc2c1cc(Cl)c(OCCCl)c2Cl. The number of hydrogen-bond donors (Lipinski definition) is 0. The number of carbonyl (C=O) groups excluding carboxylic acids is 1. The van der Waals surface area contributed by atoms with E-state index in [0.717, 1.165) is 18.4 Å². The first-order chi connectivity index (χ1) is 10.7. The summed E-state index contributed by atoms with van der Waals surface area (Å²) in [5.41, 5.74) is 0.961. The van der Waals surface area contributed by atoms with Gasteiger partial charge in [-0.3, -0.25) is 4.90 Å². The van der Waals surface area contributed by atoms with Gasteiger partial charge in [0, 0.05) is 6.54 Å². The molecule has 1 heterocycles. The van der Waals surface area contributed by atoms with E-state index in [0.29, 0.717) is 40.5 Å². The molecule has 2 rings (SSSR count). The lowest BCUT2D eigenvalue weighted by Gasteiger charge is -2.32. The Labute approximate surface area is 151 Å². The number of amides is 1. The van der Waals surface area contributed by atoms with Crippen LogP contribution in [-0.2, 0) is 11.2 Å². The molecule has 0 unspecified atom stereocenters. The molecule has 0 aliphatic carbocycles. The number of benzene rings is 1. The van der Waals surface area contributed by atoms with Gasteiger partial charge in [-0.05, 0) is 45.2 Å². The van der Waals surface area contributed by atoms with Gasteiger partial charge in [-0.2, -0.15) is 0 Å². The Hall–Kier alpha value is -0.840. The largest absolute Gasteiger partial charge is 0.489 e. The van der Waals surface area contributed by atoms with Crippen molar-refractivity contribution in [2.75, 3.05) is 23.9 Å². The molecule has 128 valence electrons. The number of hydrogen-bond acceptors (Lipinski definition) is 3. The quantitative estimate of drug-likeness (QED) is 0.668. The van der Waals surface area contributed by atoms with E-state index in [1.807, 2.05) is 20.8 Å². The fourth-order valence-corrected chi connectivity index (χ4v) is 3.15. The molecular formula is C16H20Cl3NO3. The lowest BCUT2D eigenvalue weighted by molar-refractivity contribution is 0.0578. The molecule has 0 aromatic heterocycles. The topological polar surface area (TPSA) is 38.8 Å². The molecule has 1 aromatic carbocycles. The maximum Gasteiger partial charge on any atom is 0.414 e. The summed E-state index contributed by atoms with van der Waals surface area (Å²) in [6.07, 6.45) is 1.14. The van der Waals surface area contributed by atoms with E-state index in [-0.39, 0.29) is 0 Å². The number of nitrogens with zero attached hydrogens (tertiary/aromatic N) is 1. The first kappa shape index (κ1) is 18.5. The highest BCUT2D eigenvalue weighted by molar-refractivity contribution is 6.38. The Morgan fingerprint density at radius 3 is 2.65 bits per heavy atom. The molecule has 0 bridgehead atoms. The summed E-state index contributed by atoms with van der Waals surface area (Å²) in [5.74, 6) is 0.757. The summed E-state index contributed by atoms with van der Waals surface area (Å²) < 4.78 is 11.0. The van der Waals surface area contributed by atoms with Gasteiger partial charge in [-0.1, -0.05) is 23.2 Å². The number of alkyl halides is 1. The van der Waals surface area contributed by atoms with Gasteiger partial charge in [0.15, 0.2) is 5.75 Å². The fourth-order valence-electron chi connectivity index (χ4n) is 2.42. The minimum Gasteiger partial charge on any atom is -0.489 e. The minimum atomic E-state index is -0.564. The van der Waals surface area contributed by atoms with Crippen LogP contribution in [-0.4, -0.2) is 30.7 Å². The lowest BCUT2D eigenvalue weighted by Crippen LogP contribution is -2.39. The minimum absolute atomic E-state index is 0.315. The van der Waals surface area contributed by atoms with Crippen LogP contribution in [0, 0.1) is 0 Å². The first-order valence-electron chi connectivity index (χ1n) is 7.44. The van der Waals surface area contributed by atoms with E-state index in [1.54, 1.807) is 11.0 Å². The molecule has 0 radical (unpaired) electrons. The highest BCUT2D eigenvalue weighted by atomic mass is 35.5. The van der Waals surface area contributed by atoms with Crippen LogP contribution >= 0.6 is 34.8 Å². The molecule has 0 N–H and O–H groups in total. The van der Waals surface area contributed by atoms with E-state index in [2.05, 4.69) is 0 Å². The molecular weight excluding hydrogens is 361 g/mol. The molecule has 1 amide bonds. The van der Waals surface area contributed by atoms with Crippen molar-refractivity contribution < 1.29 is 14.3 Å². The summed E-state index contributed by atoms with van der Waals surface area (Å²) in [4.78, 5) is 14.0. The maximum absolute atomic E-state index is 12.4. The van der Waals surface area contributed by atoms with Crippen LogP contribution < -0.4 is 9.64 Å². The lowest BCUT2D eigenvalue weighted by atomic mass is 10.0. The molecule has 23 heavy (non-hydrogen) atoms. The maximum atomic E-state index is 12.4. The van der Waals surface area contributed by atoms with Crippen molar-refractivity contribution >= 4 is 46.6 Å². The highest BCUT2D eigenvalue weighted by Gasteiger charge is 2.30. The van der Waals surface area contributed by atoms with Crippen LogP contribution in [0.25, 0.3) is 0 Å². The summed E-state index contributed by atoms with van der Waals surface area (Å²) in [6, 6.07) is 1.70. The Kier molecular flexibility index (Phi) is 5.93. The summed E-state index contributed by atoms with van der Waals surface area (Å²) >= 11 is 18.4. The second kappa shape index (κ2) is 7.37. The van der Waals surface area contributed by atoms with Gasteiger partial charge in [0.1, 0.15) is 12.2 Å². The van der Waals surface area contributed by atoms with Gasteiger partial charge in [0.25, 0.3) is 0 Å². The highest BCUT2D eigenvalue weighted by Crippen LogP contribution is 2.44. The number of halogens is 3. The van der Waals surface area contributed by atoms with Crippen molar-refractivity contribution in [3.8, 4) is 5.75 Å². The van der Waals surface area contributed by atoms with E-state index < -0.39 is 11.7 Å². The van der Waals surface area contributed by atoms with Gasteiger partial charge in [-0.15, -0.1) is 11.6 Å². The predicted molar refractivity (Wildman–Crippen MR) is 94.6 cm³/mol. The summed E-state index contributed by atoms with van der Waals surface area (Å²) in [7, 11) is 0. The van der Waals surface area contributed by atoms with Crippen molar-refractivity contribution in [1.82, 2.24) is 0 Å². The third kappa shape index (κ3) is 4.37. The molecule has 0 saturated carbocycles. The summed E-state index contributed by atoms with van der Waals surface area (Å²) in [5, 5.41) is 0.792. The number of fused-ring (bicyclic) bond motifs is 1. The number of carbonyl (C=O) groups is 1. The van der Waals surface area contributed by atoms with Gasteiger partial charge in [0.2, 0.25) is 0 Å². The third-order valence-corrected chi connectivity index (χ3v) is 4.13. The zero-order valence-electron chi connectivity index (χ0n) is 13.4. The van der Waals surface area contributed by atoms with E-state index in [1.165, 1.54) is 0 Å². The monoisotopic (exact) mass is 379 g/mol. The Bertz CT molecular complexity index is 599. The molecule has 1 aromatic rings. The smallest absolute Gasteiger partial charge is 0.414 e. The zero-order valence-corrected chi connectivity index (χ0v) is 15.7. The van der Waals surface area contributed by atoms with Crippen LogP contribution in [0.4, 0.5) is 10.5 Å². The first-order valence-corrected chi connectivity index (χ1v) is 8.74. The van der Waals surface area contributed by atoms with Crippen molar-refractivity contribution in [3.05, 3.63) is 21.7 Å². The van der Waals surface area contributed by atoms with Crippen molar-refractivity contribution in [3.63, 3.8) is 0 Å². The average molecular weight is 381 g/mol. The second-order valence-corrected chi connectivity index (χ2v) is 7.44. The van der Waals surface area contributed by atoms with Crippen LogP contribution in [0.15, 0.2) is 6.07 Å². The average Bonchev–Trinajstić information content (AvgIpc) is 2.44. The number of rotatable bonds is 3. The zero-order chi connectivity index (χ0) is 17.2. The van der Waals surface area contributed by atoms with Crippen molar-refractivity contribution in [1.29, 1.82) is 0 Å². The predicted octanol–water partition coefficient (Wildman–Crippen LogP) is 5.30. The Balaban J connectivity index is 2.37. The Morgan fingerprint density at radius 2 is 2.04 bits per heavy atom. The van der Waals surface area contributed by atoms with E-state index in [9.17, 15) is 4.79 Å². The summed E-state index contributed by atoms with van der Waals surface area (Å²) in [6.45, 7) is 6.38. The molecule has 0 fully saturated rings. The molecule has 1 aliphatic rings. The van der Waals surface area contributed by atoms with E-state index in [4.69, 9.17) is 44.3 Å². The van der Waals surface area contributed by atoms with Crippen LogP contribution in [0.3, 0.4) is 0 Å². The van der Waals surface area contributed by atoms with Crippen molar-refractivity contribution in [2.24, 2.45) is 0 Å². The number of anilines is 1. The van der Waals surface area contributed by atoms with Crippen molar-refractivity contribution in [2.45, 2.75) is 39.2 Å². The Morgan fingerprint density at radius 1 is 1.35 bits per heavy atom. The van der Waals surface area contributed by atoms with Crippen LogP contribution in [0.1, 0.15) is 32.8 Å². The third-order valence-electron chi connectivity index (χ3n) is 3.29. The number of ether oxygens (including phenoxy) is 2. The standard InChI is InChI=1S/C16H20Cl3NO3/c1-16(2,3)23-15(21)20-7-4-5-10-12(20)9-11(18)14(13(10)19)22-8-6-17/h9H,4-8H2,1-3H3. The van der Waals surface area contributed by atoms with Gasteiger partial charge in [0.05, 0.1) is 21.6 Å². The van der Waals surface area contributed by atoms with Gasteiger partial charge >= 0.3 is 6.09 Å². The molecule has 0 atom stereocenters. The van der Waals surface area contributed by atoms with Crippen LogP contribution in [0.2, 0.25) is 10.0 Å². The van der Waals surface area contributed by atoms with Gasteiger partial charge in [-0.25, -0.2) is 4.79 Å². The van der Waals surface area contributed by atoms with Crippen LogP contribution in [0.5, 0.6) is 5.75 Å². The van der Waals surface area contributed by atoms with Gasteiger partial charge < -0.3 is 9.47 Å². The fraction of sp³-hybridized carbons (Fsp3) is 0.562. The molecule has 4 nitrogen and oxygen atoms in total. The molecule has 1 aliphatic heterocycles. The molecule has 0 spiro atoms. The van der Waals surface area contributed by atoms with E-state index >= 15 is 0 Å². The second-order valence-electron chi connectivity index (χ2n) is 6.27. The molecule has 0 saturated heterocycles.